The number of aldehydes is 1. The van der Waals surface area contributed by atoms with E-state index in [0.717, 1.165) is 11.9 Å². The van der Waals surface area contributed by atoms with Crippen molar-refractivity contribution in [3.8, 4) is 0 Å². The zero-order valence-electron chi connectivity index (χ0n) is 23.8. The maximum atomic E-state index is 14.1. The first kappa shape index (κ1) is 28.6. The second kappa shape index (κ2) is 9.38. The zero-order valence-corrected chi connectivity index (χ0v) is 23.8. The summed E-state index contributed by atoms with van der Waals surface area (Å²) >= 11 is 0. The molecule has 0 aromatic carbocycles. The molecular weight excluding hydrogens is 468 g/mol. The molecule has 37 heavy (non-hydrogen) atoms. The summed E-state index contributed by atoms with van der Waals surface area (Å²) in [5.74, 6) is 0.0878. The third-order valence-corrected chi connectivity index (χ3v) is 11.9. The van der Waals surface area contributed by atoms with Crippen LogP contribution in [-0.2, 0) is 14.4 Å². The van der Waals surface area contributed by atoms with Gasteiger partial charge in [-0.15, -0.1) is 0 Å². The van der Waals surface area contributed by atoms with Crippen molar-refractivity contribution in [3.05, 3.63) is 11.1 Å². The fourth-order valence-corrected chi connectivity index (χ4v) is 9.60. The number of carbonyl (C=O) groups is 3. The summed E-state index contributed by atoms with van der Waals surface area (Å²) < 4.78 is 0. The van der Waals surface area contributed by atoms with Crippen LogP contribution in [0.25, 0.3) is 0 Å². The van der Waals surface area contributed by atoms with Gasteiger partial charge in [-0.05, 0) is 71.2 Å². The van der Waals surface area contributed by atoms with Gasteiger partial charge in [0.15, 0.2) is 5.78 Å². The normalized spacial score (nSPS) is 44.5. The summed E-state index contributed by atoms with van der Waals surface area (Å²) in [5.41, 5.74) is -0.790. The predicted octanol–water partition coefficient (Wildman–Crippen LogP) is 4.43. The van der Waals surface area contributed by atoms with Crippen LogP contribution in [0.1, 0.15) is 99.8 Å². The molecule has 2 saturated carbocycles. The summed E-state index contributed by atoms with van der Waals surface area (Å²) in [5, 5.41) is 34.1. The number of hydrogen-bond acceptors (Lipinski definition) is 6. The van der Waals surface area contributed by atoms with Crippen LogP contribution in [0.3, 0.4) is 0 Å². The molecule has 3 N–H and O–H groups in total. The molecule has 208 valence electrons. The van der Waals surface area contributed by atoms with E-state index in [4.69, 9.17) is 0 Å². The van der Waals surface area contributed by atoms with E-state index in [2.05, 4.69) is 13.8 Å². The van der Waals surface area contributed by atoms with Crippen LogP contribution in [0, 0.1) is 45.3 Å². The Bertz CT molecular complexity index is 998. The average molecular weight is 517 g/mol. The molecule has 0 bridgehead atoms. The van der Waals surface area contributed by atoms with Crippen molar-refractivity contribution in [1.82, 2.24) is 0 Å². The Labute approximate surface area is 222 Å². The van der Waals surface area contributed by atoms with E-state index in [0.29, 0.717) is 56.9 Å². The molecule has 10 unspecified atom stereocenters. The number of allylic oxidation sites excluding steroid dienone is 1. The summed E-state index contributed by atoms with van der Waals surface area (Å²) in [4.78, 5) is 37.8. The van der Waals surface area contributed by atoms with Crippen molar-refractivity contribution in [3.63, 3.8) is 0 Å². The van der Waals surface area contributed by atoms with E-state index in [9.17, 15) is 29.7 Å². The minimum absolute atomic E-state index is 0.0144. The highest BCUT2D eigenvalue weighted by Crippen LogP contribution is 2.71. The van der Waals surface area contributed by atoms with Gasteiger partial charge in [0.25, 0.3) is 0 Å². The molecule has 0 aliphatic heterocycles. The molecule has 4 aliphatic rings. The number of Topliss-reactive ketones (excluding diaryl/α,β-unsaturated/α-hetero) is 2. The minimum Gasteiger partial charge on any atom is -0.393 e. The lowest BCUT2D eigenvalue weighted by Crippen LogP contribution is -2.61. The molecule has 0 saturated heterocycles. The average Bonchev–Trinajstić information content (AvgIpc) is 2.99. The molecule has 10 atom stereocenters. The van der Waals surface area contributed by atoms with Crippen LogP contribution in [-0.4, -0.2) is 51.5 Å². The highest BCUT2D eigenvalue weighted by molar-refractivity contribution is 6.00. The Morgan fingerprint density at radius 2 is 1.68 bits per heavy atom. The maximum Gasteiger partial charge on any atom is 0.160 e. The number of aliphatic hydroxyl groups is 3. The third kappa shape index (κ3) is 4.03. The Kier molecular flexibility index (Phi) is 7.26. The lowest BCUT2D eigenvalue weighted by Gasteiger charge is -2.62. The predicted molar refractivity (Wildman–Crippen MR) is 141 cm³/mol. The Balaban J connectivity index is 1.72. The van der Waals surface area contributed by atoms with Gasteiger partial charge in [-0.1, -0.05) is 48.5 Å². The van der Waals surface area contributed by atoms with Crippen LogP contribution in [0.5, 0.6) is 0 Å². The van der Waals surface area contributed by atoms with Crippen LogP contribution in [0.4, 0.5) is 0 Å². The maximum absolute atomic E-state index is 14.1. The van der Waals surface area contributed by atoms with Crippen molar-refractivity contribution >= 4 is 17.9 Å². The molecule has 0 spiro atoms. The van der Waals surface area contributed by atoms with E-state index < -0.39 is 40.0 Å². The highest BCUT2D eigenvalue weighted by Gasteiger charge is 2.70. The second-order valence-electron chi connectivity index (χ2n) is 14.4. The monoisotopic (exact) mass is 516 g/mol. The number of rotatable bonds is 7. The second-order valence-corrected chi connectivity index (χ2v) is 14.4. The van der Waals surface area contributed by atoms with E-state index in [1.54, 1.807) is 0 Å². The SMILES string of the molecule is CC(CC=O)CC(=O)CC(C)C1CC(O)C2(C)C3=C(C(=O)CC12C)C1(C)CCC(O)C(C)(C)C1CC3O. The standard InChI is InChI=1S/C31H48O6/c1-17(9-11-32)12-19(33)13-18(2)20-14-25(37)31(7)27-21(34)15-23-28(3,4)24(36)8-10-29(23,5)26(27)22(35)16-30(20,31)6/h11,17-18,20-21,23-25,34,36-37H,8-10,12-16H2,1-7H3. The van der Waals surface area contributed by atoms with Gasteiger partial charge in [-0.2, -0.15) is 0 Å². The number of ketones is 2. The molecule has 0 amide bonds. The van der Waals surface area contributed by atoms with Crippen molar-refractivity contribution in [2.75, 3.05) is 0 Å². The van der Waals surface area contributed by atoms with E-state index in [1.165, 1.54) is 0 Å². The van der Waals surface area contributed by atoms with Crippen LogP contribution < -0.4 is 0 Å². The fraction of sp³-hybridized carbons (Fsp3) is 0.839. The van der Waals surface area contributed by atoms with Gasteiger partial charge in [0.1, 0.15) is 12.1 Å². The molecular formula is C31H48O6. The third-order valence-electron chi connectivity index (χ3n) is 11.9. The quantitative estimate of drug-likeness (QED) is 0.432. The minimum atomic E-state index is -0.847. The molecule has 6 nitrogen and oxygen atoms in total. The van der Waals surface area contributed by atoms with Crippen LogP contribution in [0.2, 0.25) is 0 Å². The number of fused-ring (bicyclic) bond motifs is 4. The highest BCUT2D eigenvalue weighted by atomic mass is 16.3. The Hall–Kier alpha value is -1.37. The smallest absolute Gasteiger partial charge is 0.160 e. The lowest BCUT2D eigenvalue weighted by atomic mass is 9.42. The molecule has 0 aromatic rings. The largest absolute Gasteiger partial charge is 0.393 e. The Morgan fingerprint density at radius 3 is 2.30 bits per heavy atom. The molecule has 4 rings (SSSR count). The van der Waals surface area contributed by atoms with E-state index in [-0.39, 0.29) is 35.2 Å². The van der Waals surface area contributed by atoms with Crippen molar-refractivity contribution in [1.29, 1.82) is 0 Å². The molecule has 4 aliphatic carbocycles. The van der Waals surface area contributed by atoms with Gasteiger partial charge >= 0.3 is 0 Å². The van der Waals surface area contributed by atoms with Gasteiger partial charge in [-0.25, -0.2) is 0 Å². The number of aliphatic hydroxyl groups excluding tert-OH is 3. The molecule has 2 fully saturated rings. The first-order valence-corrected chi connectivity index (χ1v) is 14.3. The zero-order chi connectivity index (χ0) is 27.7. The van der Waals surface area contributed by atoms with Gasteiger partial charge in [0, 0.05) is 36.7 Å². The molecule has 6 heteroatoms. The number of carbonyl (C=O) groups excluding carboxylic acids is 3. The van der Waals surface area contributed by atoms with E-state index >= 15 is 0 Å². The Morgan fingerprint density at radius 1 is 1.03 bits per heavy atom. The summed E-state index contributed by atoms with van der Waals surface area (Å²) in [6.07, 6.45) is 2.47. The topological polar surface area (TPSA) is 112 Å². The van der Waals surface area contributed by atoms with Gasteiger partial charge in [0.05, 0.1) is 18.3 Å². The van der Waals surface area contributed by atoms with Crippen molar-refractivity contribution in [2.45, 2.75) is 118 Å². The van der Waals surface area contributed by atoms with Gasteiger partial charge in [0.2, 0.25) is 0 Å². The van der Waals surface area contributed by atoms with Gasteiger partial charge in [-0.3, -0.25) is 9.59 Å². The first-order chi connectivity index (χ1) is 17.1. The van der Waals surface area contributed by atoms with Crippen LogP contribution >= 0.6 is 0 Å². The fourth-order valence-electron chi connectivity index (χ4n) is 9.60. The summed E-state index contributed by atoms with van der Waals surface area (Å²) in [6.45, 7) is 14.3. The van der Waals surface area contributed by atoms with Gasteiger partial charge < -0.3 is 20.1 Å². The van der Waals surface area contributed by atoms with Crippen molar-refractivity contribution < 1.29 is 29.7 Å². The number of hydrogen-bond donors (Lipinski definition) is 3. The van der Waals surface area contributed by atoms with E-state index in [1.807, 2.05) is 34.6 Å². The molecule has 0 aromatic heterocycles. The van der Waals surface area contributed by atoms with Crippen molar-refractivity contribution in [2.24, 2.45) is 45.3 Å². The summed E-state index contributed by atoms with van der Waals surface area (Å²) in [6, 6.07) is 0. The molecule has 0 heterocycles. The summed E-state index contributed by atoms with van der Waals surface area (Å²) in [7, 11) is 0. The molecule has 0 radical (unpaired) electrons. The first-order valence-electron chi connectivity index (χ1n) is 14.3. The van der Waals surface area contributed by atoms with Crippen LogP contribution in [0.15, 0.2) is 11.1 Å². The lowest BCUT2D eigenvalue weighted by molar-refractivity contribution is -0.140.